The van der Waals surface area contributed by atoms with Gasteiger partial charge in [0, 0.05) is 13.1 Å². The first-order valence-electron chi connectivity index (χ1n) is 7.89. The van der Waals surface area contributed by atoms with Crippen molar-refractivity contribution >= 4 is 17.4 Å². The minimum Gasteiger partial charge on any atom is -0.291 e. The maximum atomic E-state index is 12.3. The molecule has 23 heavy (non-hydrogen) atoms. The van der Waals surface area contributed by atoms with Crippen molar-refractivity contribution in [3.05, 3.63) is 64.7 Å². The number of nitrogens with zero attached hydrogens (tertiary/aromatic N) is 2. The second kappa shape index (κ2) is 5.32. The first-order valence-corrected chi connectivity index (χ1v) is 7.89. The Hall–Kier alpha value is -2.46. The third-order valence-corrected chi connectivity index (χ3v) is 4.68. The van der Waals surface area contributed by atoms with Gasteiger partial charge in [-0.2, -0.15) is 0 Å². The van der Waals surface area contributed by atoms with Crippen LogP contribution in [-0.2, 0) is 17.8 Å². The molecule has 0 aliphatic carbocycles. The van der Waals surface area contributed by atoms with E-state index in [0.29, 0.717) is 12.2 Å². The first kappa shape index (κ1) is 14.2. The summed E-state index contributed by atoms with van der Waals surface area (Å²) in [6.07, 6.45) is 0.979. The minimum atomic E-state index is -0.413. The van der Waals surface area contributed by atoms with E-state index in [1.807, 2.05) is 25.1 Å². The van der Waals surface area contributed by atoms with Gasteiger partial charge in [0.05, 0.1) is 17.9 Å². The Balaban J connectivity index is 1.59. The van der Waals surface area contributed by atoms with Crippen molar-refractivity contribution < 1.29 is 9.59 Å². The molecule has 2 heterocycles. The summed E-state index contributed by atoms with van der Waals surface area (Å²) in [5, 5.41) is 0. The maximum absolute atomic E-state index is 12.3. The third-order valence-electron chi connectivity index (χ3n) is 4.68. The van der Waals surface area contributed by atoms with E-state index in [9.17, 15) is 9.59 Å². The monoisotopic (exact) mass is 306 g/mol. The van der Waals surface area contributed by atoms with Crippen LogP contribution in [0.15, 0.2) is 42.5 Å². The van der Waals surface area contributed by atoms with Crippen molar-refractivity contribution in [1.29, 1.82) is 0 Å². The van der Waals surface area contributed by atoms with Crippen LogP contribution in [0.4, 0.5) is 5.69 Å². The lowest BCUT2D eigenvalue weighted by Gasteiger charge is -2.32. The summed E-state index contributed by atoms with van der Waals surface area (Å²) >= 11 is 0. The van der Waals surface area contributed by atoms with Gasteiger partial charge in [-0.05, 0) is 36.6 Å². The summed E-state index contributed by atoms with van der Waals surface area (Å²) in [6, 6.07) is 14.0. The lowest BCUT2D eigenvalue weighted by Crippen LogP contribution is -2.43. The average molecular weight is 306 g/mol. The lowest BCUT2D eigenvalue weighted by atomic mass is 10.0. The molecule has 0 bridgehead atoms. The first-order chi connectivity index (χ1) is 11.1. The summed E-state index contributed by atoms with van der Waals surface area (Å²) in [7, 11) is 0. The number of rotatable bonds is 2. The van der Waals surface area contributed by atoms with Crippen molar-refractivity contribution in [2.24, 2.45) is 0 Å². The normalized spacial score (nSPS) is 17.3. The fraction of sp³-hybridized carbons (Fsp3) is 0.263. The van der Waals surface area contributed by atoms with Crippen LogP contribution in [0.25, 0.3) is 0 Å². The number of fused-ring (bicyclic) bond motifs is 2. The molecule has 0 unspecified atom stereocenters. The highest BCUT2D eigenvalue weighted by atomic mass is 16.2. The molecule has 1 amide bonds. The molecule has 4 rings (SSSR count). The number of carbonyl (C=O) groups is 2. The molecular formula is C19H18N2O2. The summed E-state index contributed by atoms with van der Waals surface area (Å²) in [5.41, 5.74) is 4.96. The summed E-state index contributed by atoms with van der Waals surface area (Å²) in [5.74, 6) is -0.800. The molecule has 0 atom stereocenters. The number of carbonyl (C=O) groups excluding carboxylic acids is 2. The van der Waals surface area contributed by atoms with E-state index < -0.39 is 5.91 Å². The van der Waals surface area contributed by atoms with E-state index >= 15 is 0 Å². The molecule has 0 radical (unpaired) electrons. The van der Waals surface area contributed by atoms with Crippen LogP contribution in [0.5, 0.6) is 0 Å². The molecule has 2 aliphatic heterocycles. The predicted molar refractivity (Wildman–Crippen MR) is 88.4 cm³/mol. The highest BCUT2D eigenvalue weighted by Crippen LogP contribution is 2.30. The van der Waals surface area contributed by atoms with Gasteiger partial charge in [0.1, 0.15) is 0 Å². The standard InChI is InChI=1S/C19H18N2O2/c1-13-6-7-17-16(10-13)18(22)19(23)21(17)12-20-9-8-14-4-2-3-5-15(14)11-20/h2-7,10H,8-9,11-12H2,1H3. The smallest absolute Gasteiger partial charge is 0.291 e. The molecule has 4 nitrogen and oxygen atoms in total. The fourth-order valence-corrected chi connectivity index (χ4v) is 3.43. The van der Waals surface area contributed by atoms with Crippen molar-refractivity contribution in [2.75, 3.05) is 18.1 Å². The summed E-state index contributed by atoms with van der Waals surface area (Å²) < 4.78 is 0. The highest BCUT2D eigenvalue weighted by Gasteiger charge is 2.36. The number of hydrogen-bond donors (Lipinski definition) is 0. The van der Waals surface area contributed by atoms with E-state index in [1.165, 1.54) is 11.1 Å². The topological polar surface area (TPSA) is 40.6 Å². The number of hydrogen-bond acceptors (Lipinski definition) is 3. The van der Waals surface area contributed by atoms with Gasteiger partial charge in [-0.1, -0.05) is 35.9 Å². The van der Waals surface area contributed by atoms with E-state index in [1.54, 1.807) is 11.0 Å². The highest BCUT2D eigenvalue weighted by molar-refractivity contribution is 6.52. The molecule has 116 valence electrons. The fourth-order valence-electron chi connectivity index (χ4n) is 3.43. The quantitative estimate of drug-likeness (QED) is 0.801. The molecule has 0 saturated carbocycles. The van der Waals surface area contributed by atoms with Crippen molar-refractivity contribution in [3.8, 4) is 0 Å². The second-order valence-corrected chi connectivity index (χ2v) is 6.30. The van der Waals surface area contributed by atoms with Gasteiger partial charge in [-0.25, -0.2) is 0 Å². The number of amides is 1. The van der Waals surface area contributed by atoms with Crippen LogP contribution < -0.4 is 4.90 Å². The number of benzene rings is 2. The molecule has 0 spiro atoms. The maximum Gasteiger partial charge on any atom is 0.300 e. The Morgan fingerprint density at radius 2 is 1.83 bits per heavy atom. The predicted octanol–water partition coefficient (Wildman–Crippen LogP) is 2.54. The number of anilines is 1. The molecule has 0 fully saturated rings. The van der Waals surface area contributed by atoms with Gasteiger partial charge in [-0.3, -0.25) is 19.4 Å². The molecule has 4 heteroatoms. The molecule has 2 aliphatic rings. The molecule has 2 aromatic carbocycles. The number of aryl methyl sites for hydroxylation is 1. The Bertz CT molecular complexity index is 813. The zero-order valence-corrected chi connectivity index (χ0v) is 13.1. The molecular weight excluding hydrogens is 288 g/mol. The van der Waals surface area contributed by atoms with E-state index in [-0.39, 0.29) is 5.78 Å². The number of ketones is 1. The summed E-state index contributed by atoms with van der Waals surface area (Å²) in [4.78, 5) is 28.4. The van der Waals surface area contributed by atoms with Crippen LogP contribution in [0.1, 0.15) is 27.0 Å². The zero-order chi connectivity index (χ0) is 16.0. The van der Waals surface area contributed by atoms with Crippen molar-refractivity contribution in [3.63, 3.8) is 0 Å². The Morgan fingerprint density at radius 3 is 2.65 bits per heavy atom. The van der Waals surface area contributed by atoms with Gasteiger partial charge in [0.15, 0.2) is 0 Å². The van der Waals surface area contributed by atoms with Gasteiger partial charge in [0.2, 0.25) is 0 Å². The summed E-state index contributed by atoms with van der Waals surface area (Å²) in [6.45, 7) is 4.11. The second-order valence-electron chi connectivity index (χ2n) is 6.30. The van der Waals surface area contributed by atoms with Crippen LogP contribution in [0.3, 0.4) is 0 Å². The van der Waals surface area contributed by atoms with Crippen molar-refractivity contribution in [2.45, 2.75) is 19.9 Å². The van der Waals surface area contributed by atoms with E-state index in [2.05, 4.69) is 23.1 Å². The zero-order valence-electron chi connectivity index (χ0n) is 13.1. The lowest BCUT2D eigenvalue weighted by molar-refractivity contribution is -0.114. The molecule has 0 N–H and O–H groups in total. The Labute approximate surface area is 135 Å². The van der Waals surface area contributed by atoms with Crippen LogP contribution in [-0.4, -0.2) is 29.8 Å². The van der Waals surface area contributed by atoms with Crippen LogP contribution in [0.2, 0.25) is 0 Å². The van der Waals surface area contributed by atoms with Crippen LogP contribution in [0, 0.1) is 6.92 Å². The average Bonchev–Trinajstić information content (AvgIpc) is 2.79. The largest absolute Gasteiger partial charge is 0.300 e. The van der Waals surface area contributed by atoms with Gasteiger partial charge in [0.25, 0.3) is 5.78 Å². The van der Waals surface area contributed by atoms with Gasteiger partial charge < -0.3 is 0 Å². The van der Waals surface area contributed by atoms with Crippen molar-refractivity contribution in [1.82, 2.24) is 4.90 Å². The SMILES string of the molecule is Cc1ccc2c(c1)C(=O)C(=O)N2CN1CCc2ccccc2C1. The Kier molecular flexibility index (Phi) is 3.27. The molecule has 0 aromatic heterocycles. The van der Waals surface area contributed by atoms with Crippen LogP contribution >= 0.6 is 0 Å². The Morgan fingerprint density at radius 1 is 1.04 bits per heavy atom. The molecule has 0 saturated heterocycles. The van der Waals surface area contributed by atoms with E-state index in [4.69, 9.17) is 0 Å². The third kappa shape index (κ3) is 2.35. The van der Waals surface area contributed by atoms with Gasteiger partial charge >= 0.3 is 5.91 Å². The molecule has 2 aromatic rings. The van der Waals surface area contributed by atoms with Gasteiger partial charge in [-0.15, -0.1) is 0 Å². The minimum absolute atomic E-state index is 0.388. The number of Topliss-reactive ketones (excluding diaryl/α,β-unsaturated/α-hetero) is 1. The van der Waals surface area contributed by atoms with E-state index in [0.717, 1.165) is 30.8 Å².